The van der Waals surface area contributed by atoms with E-state index in [2.05, 4.69) is 303 Å². The van der Waals surface area contributed by atoms with Crippen molar-refractivity contribution in [2.24, 2.45) is 0 Å². The van der Waals surface area contributed by atoms with Crippen LogP contribution in [0.5, 0.6) is 0 Å². The lowest BCUT2D eigenvalue weighted by Gasteiger charge is -2.46. The molecule has 3 heterocycles. The summed E-state index contributed by atoms with van der Waals surface area (Å²) in [6.45, 7) is 75.6. The van der Waals surface area contributed by atoms with Crippen molar-refractivity contribution in [1.82, 2.24) is 4.57 Å². The van der Waals surface area contributed by atoms with Crippen LogP contribution in [0.25, 0.3) is 94.3 Å². The zero-order valence-corrected chi connectivity index (χ0v) is 84.7. The summed E-state index contributed by atoms with van der Waals surface area (Å²) in [4.78, 5) is 4.53. The van der Waals surface area contributed by atoms with Gasteiger partial charge in [-0.25, -0.2) is 0 Å². The molecular formula is C126H148BN3. The van der Waals surface area contributed by atoms with Gasteiger partial charge in [-0.3, -0.25) is 0 Å². The Balaban J connectivity index is 1.30. The maximum atomic E-state index is 12.0. The minimum absolute atomic E-state index is 0.0593. The fraction of sp³-hybridized carbons (Fsp3) is 0.381. The second kappa shape index (κ2) is 31.5. The van der Waals surface area contributed by atoms with Crippen molar-refractivity contribution in [2.45, 2.75) is 314 Å². The number of nitrogens with zero attached hydrogens (tertiary/aromatic N) is 3. The summed E-state index contributed by atoms with van der Waals surface area (Å²) in [5.74, 6) is 0. The fourth-order valence-corrected chi connectivity index (χ4v) is 18.7. The van der Waals surface area contributed by atoms with Gasteiger partial charge >= 0.3 is 0 Å². The van der Waals surface area contributed by atoms with E-state index < -0.39 is 127 Å². The highest BCUT2D eigenvalue weighted by atomic mass is 15.2. The Morgan fingerprint density at radius 1 is 0.231 bits per heavy atom. The maximum absolute atomic E-state index is 12.0. The predicted molar refractivity (Wildman–Crippen MR) is 572 cm³/mol. The Labute approximate surface area is 808 Å². The number of rotatable bonds is 9. The average molecular weight is 1730 g/mol. The van der Waals surface area contributed by atoms with Crippen molar-refractivity contribution >= 4 is 79.0 Å². The van der Waals surface area contributed by atoms with Crippen LogP contribution in [-0.4, -0.2) is 11.3 Å². The molecule has 16 rings (SSSR count). The standard InChI is InChI=1S/C126H148BN3/c1-115(2,3)82-52-49-77(50-53-82)96-71-89(122(22,23)24)74-100(97-70-83(116(4,5)6)55-58-102(97)125(31,32)33)113(96)129-108-65-78(79-61-85(118(10,11)12)68-86(62-79)119(13,14)15)51-59-104(108)127-105-60-56-91(128-106-47-41-38-44-94(106)95-45-39-42-48-107(95)128)76-109(105)130(111-67-81(66-110(129)112(111)127)80-63-87(120(16,17)18)69-88(64-80)121(19,20)21)114-98(92-43-37-40-46-101(92)124(28,29)30)72-90(123(25,26)27)73-99(114)93-57-54-84(117(7,8)9)75-103(93)126(34,35)36/h37-76H,1-36H3/i38D,39D,41D,42D,44D,45D,47D,48D,49D,50D,52D,53D,55D,58D,70D,71D,74D. The molecule has 0 radical (unpaired) electrons. The van der Waals surface area contributed by atoms with Crippen LogP contribution >= 0.6 is 0 Å². The molecule has 670 valence electrons. The quantitative estimate of drug-likeness (QED) is 0.133. The van der Waals surface area contributed by atoms with Gasteiger partial charge in [0.1, 0.15) is 0 Å². The minimum atomic E-state index is -1.16. The van der Waals surface area contributed by atoms with Gasteiger partial charge in [-0.15, -0.1) is 0 Å². The highest BCUT2D eigenvalue weighted by Crippen LogP contribution is 2.59. The van der Waals surface area contributed by atoms with Crippen LogP contribution in [0.15, 0.2) is 242 Å². The Morgan fingerprint density at radius 3 is 1.08 bits per heavy atom. The van der Waals surface area contributed by atoms with Crippen LogP contribution in [0.3, 0.4) is 0 Å². The fourth-order valence-electron chi connectivity index (χ4n) is 18.7. The third-order valence-corrected chi connectivity index (χ3v) is 26.7. The molecule has 1 aromatic heterocycles. The van der Waals surface area contributed by atoms with Crippen LogP contribution in [0.4, 0.5) is 34.1 Å². The van der Waals surface area contributed by atoms with E-state index >= 15 is 0 Å². The molecule has 2 aliphatic rings. The van der Waals surface area contributed by atoms with Gasteiger partial charge in [-0.05, 0) is 259 Å². The second-order valence-electron chi connectivity index (χ2n) is 49.6. The van der Waals surface area contributed by atoms with E-state index in [9.17, 15) is 23.3 Å². The number of fused-ring (bicyclic) bond motifs is 7. The molecule has 3 nitrogen and oxygen atoms in total. The van der Waals surface area contributed by atoms with Gasteiger partial charge in [0.05, 0.1) is 45.7 Å². The topological polar surface area (TPSA) is 11.4 Å². The van der Waals surface area contributed by atoms with E-state index in [1.165, 1.54) is 0 Å². The molecule has 0 saturated heterocycles. The SMILES string of the molecule is [2H]c1c([2H])c(C(C)(C)C)c([2H])c([2H])c1-c1c([2H])c(C(C)(C)C)c([2H])c(-c2c([2H])c(C(C)(C)C)c([2H])c([2H])c2C(C)(C)C)c1N1c2cc(-c3cc(C(C)(C)C)cc(C(C)(C)C)c3)ccc2B2c3ccc(-n4c5c([2H])c([2H])c([2H])c([2H])c5c5c([2H])c([2H])c([2H])c([2H])c54)cc3N(c3c(-c4ccccc4C(C)(C)C)cc(C(C)(C)C)cc3-c3ccc(C(C)(C)C)cc3C(C)(C)C)c3cc(-c4cc(C(C)(C)C)cc(C(C)(C)C)c4)cc1c32. The van der Waals surface area contributed by atoms with Crippen molar-refractivity contribution < 1.29 is 23.3 Å². The molecule has 0 unspecified atom stereocenters. The van der Waals surface area contributed by atoms with E-state index in [-0.39, 0.29) is 125 Å². The third-order valence-electron chi connectivity index (χ3n) is 26.7. The zero-order valence-electron chi connectivity index (χ0n) is 102. The lowest BCUT2D eigenvalue weighted by Crippen LogP contribution is -2.61. The van der Waals surface area contributed by atoms with Gasteiger partial charge in [0.25, 0.3) is 6.71 Å². The minimum Gasteiger partial charge on any atom is -0.310 e. The Kier molecular flexibility index (Phi) is 17.7. The van der Waals surface area contributed by atoms with E-state index in [1.54, 1.807) is 4.57 Å². The molecule has 13 aromatic carbocycles. The normalized spacial score (nSPS) is 15.8. The molecule has 14 aromatic rings. The second-order valence-corrected chi connectivity index (χ2v) is 49.6. The molecule has 130 heavy (non-hydrogen) atoms. The van der Waals surface area contributed by atoms with Crippen molar-refractivity contribution in [2.75, 3.05) is 9.80 Å². The largest absolute Gasteiger partial charge is 0.310 e. The number of anilines is 6. The molecule has 0 spiro atoms. The van der Waals surface area contributed by atoms with E-state index in [4.69, 9.17) is 0 Å². The molecular weight excluding hydrogens is 1570 g/mol. The van der Waals surface area contributed by atoms with Crippen molar-refractivity contribution in [3.05, 3.63) is 309 Å². The van der Waals surface area contributed by atoms with Gasteiger partial charge in [-0.2, -0.15) is 0 Å². The molecule has 0 aliphatic carbocycles. The summed E-state index contributed by atoms with van der Waals surface area (Å²) in [7, 11) is 0. The molecule has 2 aliphatic heterocycles. The van der Waals surface area contributed by atoms with E-state index in [0.29, 0.717) is 50.4 Å². The first kappa shape index (κ1) is 73.0. The van der Waals surface area contributed by atoms with Crippen LogP contribution in [0.2, 0.25) is 0 Å². The number of para-hydroxylation sites is 2. The summed E-state index contributed by atoms with van der Waals surface area (Å²) >= 11 is 0. The average Bonchev–Trinajstić information content (AvgIpc) is 1.24. The van der Waals surface area contributed by atoms with Crippen molar-refractivity contribution in [3.8, 4) is 72.4 Å². The van der Waals surface area contributed by atoms with Crippen LogP contribution in [0, 0.1) is 0 Å². The van der Waals surface area contributed by atoms with Crippen LogP contribution in [0.1, 0.15) is 339 Å². The predicted octanol–water partition coefficient (Wildman–Crippen LogP) is 34.4. The van der Waals surface area contributed by atoms with Gasteiger partial charge in [0.15, 0.2) is 0 Å². The summed E-state index contributed by atoms with van der Waals surface area (Å²) in [5.41, 5.74) is 12.6. The summed E-state index contributed by atoms with van der Waals surface area (Å²) in [6.07, 6.45) is 0. The van der Waals surface area contributed by atoms with Gasteiger partial charge in [0.2, 0.25) is 0 Å². The molecule has 0 bridgehead atoms. The maximum Gasteiger partial charge on any atom is 0.252 e. The zero-order chi connectivity index (χ0) is 109. The van der Waals surface area contributed by atoms with Gasteiger partial charge < -0.3 is 14.4 Å². The first-order chi connectivity index (χ1) is 67.2. The highest BCUT2D eigenvalue weighted by Gasteiger charge is 2.48. The van der Waals surface area contributed by atoms with Crippen LogP contribution < -0.4 is 26.2 Å². The van der Waals surface area contributed by atoms with E-state index in [0.717, 1.165) is 83.5 Å². The molecule has 0 saturated carbocycles. The molecule has 0 atom stereocenters. The highest BCUT2D eigenvalue weighted by molar-refractivity contribution is 7.00. The first-order valence-corrected chi connectivity index (χ1v) is 46.9. The summed E-state index contributed by atoms with van der Waals surface area (Å²) in [6, 6.07) is 44.3. The number of aromatic nitrogens is 1. The number of benzene rings is 13. The molecule has 0 fully saturated rings. The first-order valence-electron chi connectivity index (χ1n) is 55.4. The van der Waals surface area contributed by atoms with Crippen molar-refractivity contribution in [3.63, 3.8) is 0 Å². The third kappa shape index (κ3) is 17.1. The van der Waals surface area contributed by atoms with Crippen molar-refractivity contribution in [1.29, 1.82) is 0 Å². The molecule has 0 amide bonds. The van der Waals surface area contributed by atoms with Gasteiger partial charge in [-0.1, -0.05) is 425 Å². The smallest absolute Gasteiger partial charge is 0.252 e. The molecule has 0 N–H and O–H groups in total. The summed E-state index contributed by atoms with van der Waals surface area (Å²) in [5, 5.41) is -0.178. The number of hydrogen-bond donors (Lipinski definition) is 0. The molecule has 4 heteroatoms. The number of hydrogen-bond acceptors (Lipinski definition) is 2. The monoisotopic (exact) mass is 1730 g/mol. The Morgan fingerprint density at radius 2 is 0.615 bits per heavy atom. The lowest BCUT2D eigenvalue weighted by atomic mass is 9.33. The lowest BCUT2D eigenvalue weighted by molar-refractivity contribution is 0.568. The van der Waals surface area contributed by atoms with E-state index in [1.807, 2.05) is 95.2 Å². The Bertz CT molecular complexity index is 7740. The van der Waals surface area contributed by atoms with Crippen LogP contribution in [-0.2, 0) is 65.0 Å². The van der Waals surface area contributed by atoms with Gasteiger partial charge in [0, 0.05) is 61.5 Å². The Hall–Kier alpha value is -10.7. The summed E-state index contributed by atoms with van der Waals surface area (Å²) < 4.78 is 180.